The fourth-order valence-corrected chi connectivity index (χ4v) is 3.15. The Balaban J connectivity index is 2.14. The van der Waals surface area contributed by atoms with Gasteiger partial charge in [-0.1, -0.05) is 50.3 Å². The van der Waals surface area contributed by atoms with E-state index in [1.54, 1.807) is 0 Å². The molecule has 2 nitrogen and oxygen atoms in total. The van der Waals surface area contributed by atoms with Crippen molar-refractivity contribution in [3.63, 3.8) is 0 Å². The number of nitrogens with two attached hydrogens (primary N) is 1. The topological polar surface area (TPSA) is 29.3 Å². The Labute approximate surface area is 131 Å². The summed E-state index contributed by atoms with van der Waals surface area (Å²) in [6.07, 6.45) is 2.61. The summed E-state index contributed by atoms with van der Waals surface area (Å²) in [4.78, 5) is 3.04. The molecule has 3 rings (SSSR count). The Morgan fingerprint density at radius 3 is 2.43 bits per heavy atom. The first-order valence-corrected chi connectivity index (χ1v) is 8.07. The number of nitrogens with zero attached hydrogens (tertiary/aromatic N) is 1. The van der Waals surface area contributed by atoms with Gasteiger partial charge in [-0.2, -0.15) is 0 Å². The van der Waals surface area contributed by atoms with Gasteiger partial charge in [-0.15, -0.1) is 0 Å². The Bertz CT molecular complexity index is 674. The molecule has 110 valence electrons. The van der Waals surface area contributed by atoms with Crippen LogP contribution in [0.3, 0.4) is 0 Å². The highest BCUT2D eigenvalue weighted by atomic mass is 32.1. The Hall–Kier alpha value is -1.61. The Kier molecular flexibility index (Phi) is 3.85. The fourth-order valence-electron chi connectivity index (χ4n) is 2.97. The summed E-state index contributed by atoms with van der Waals surface area (Å²) < 4.78 is 0. The lowest BCUT2D eigenvalue weighted by atomic mass is 10.0. The predicted octanol–water partition coefficient (Wildman–Crippen LogP) is 4.10. The zero-order chi connectivity index (χ0) is 15.0. The van der Waals surface area contributed by atoms with E-state index in [1.165, 1.54) is 23.9 Å². The lowest BCUT2D eigenvalue weighted by Crippen LogP contribution is -2.30. The van der Waals surface area contributed by atoms with Crippen LogP contribution in [0.5, 0.6) is 0 Å². The molecule has 0 aliphatic heterocycles. The molecule has 0 saturated heterocycles. The minimum absolute atomic E-state index is 0.472. The number of thiocarbonyl (C=S) groups is 1. The summed E-state index contributed by atoms with van der Waals surface area (Å²) in [5, 5.41) is 2.42. The van der Waals surface area contributed by atoms with Crippen LogP contribution >= 0.6 is 12.2 Å². The first-order valence-electron chi connectivity index (χ1n) is 7.66. The molecule has 2 aromatic rings. The van der Waals surface area contributed by atoms with Crippen molar-refractivity contribution in [2.45, 2.75) is 32.7 Å². The van der Waals surface area contributed by atoms with Crippen molar-refractivity contribution in [1.29, 1.82) is 0 Å². The van der Waals surface area contributed by atoms with E-state index in [-0.39, 0.29) is 0 Å². The number of hydrogen-bond donors (Lipinski definition) is 1. The second-order valence-electron chi connectivity index (χ2n) is 6.32. The number of benzene rings is 2. The lowest BCUT2D eigenvalue weighted by Gasteiger charge is -2.28. The molecule has 0 bridgehead atoms. The maximum absolute atomic E-state index is 5.88. The summed E-state index contributed by atoms with van der Waals surface area (Å²) in [6, 6.07) is 13.4. The maximum Gasteiger partial charge on any atom is 0.104 e. The molecule has 0 unspecified atom stereocenters. The monoisotopic (exact) mass is 298 g/mol. The molecule has 0 amide bonds. The van der Waals surface area contributed by atoms with E-state index in [9.17, 15) is 0 Å². The molecule has 0 spiro atoms. The van der Waals surface area contributed by atoms with Gasteiger partial charge in [-0.3, -0.25) is 0 Å². The van der Waals surface area contributed by atoms with E-state index in [4.69, 9.17) is 18.0 Å². The van der Waals surface area contributed by atoms with Crippen LogP contribution < -0.4 is 10.6 Å². The van der Waals surface area contributed by atoms with E-state index < -0.39 is 0 Å². The molecule has 21 heavy (non-hydrogen) atoms. The van der Waals surface area contributed by atoms with Crippen LogP contribution in [0.2, 0.25) is 0 Å². The molecule has 0 aromatic heterocycles. The van der Waals surface area contributed by atoms with Crippen molar-refractivity contribution >= 4 is 33.7 Å². The minimum Gasteiger partial charge on any atom is -0.389 e. The summed E-state index contributed by atoms with van der Waals surface area (Å²) in [5.74, 6) is 0.652. The normalized spacial score (nSPS) is 14.6. The van der Waals surface area contributed by atoms with Gasteiger partial charge in [0.25, 0.3) is 0 Å². The second-order valence-corrected chi connectivity index (χ2v) is 6.76. The quantitative estimate of drug-likeness (QED) is 0.843. The van der Waals surface area contributed by atoms with E-state index in [2.05, 4.69) is 55.1 Å². The molecular weight excluding hydrogens is 276 g/mol. The summed E-state index contributed by atoms with van der Waals surface area (Å²) in [5.41, 5.74) is 8.17. The molecule has 2 aromatic carbocycles. The predicted molar refractivity (Wildman–Crippen MR) is 95.0 cm³/mol. The molecule has 1 aliphatic rings. The van der Waals surface area contributed by atoms with Crippen LogP contribution in [0, 0.1) is 5.92 Å². The molecule has 0 heterocycles. The highest BCUT2D eigenvalue weighted by molar-refractivity contribution is 7.80. The average molecular weight is 298 g/mol. The summed E-state index contributed by atoms with van der Waals surface area (Å²) >= 11 is 5.20. The van der Waals surface area contributed by atoms with Crippen molar-refractivity contribution in [2.75, 3.05) is 11.4 Å². The van der Waals surface area contributed by atoms with Crippen LogP contribution in [0.25, 0.3) is 10.8 Å². The summed E-state index contributed by atoms with van der Waals surface area (Å²) in [7, 11) is 0. The van der Waals surface area contributed by atoms with Gasteiger partial charge in [0.15, 0.2) is 0 Å². The van der Waals surface area contributed by atoms with E-state index in [0.717, 1.165) is 17.5 Å². The third-order valence-corrected chi connectivity index (χ3v) is 4.25. The van der Waals surface area contributed by atoms with Crippen molar-refractivity contribution in [2.24, 2.45) is 11.7 Å². The largest absolute Gasteiger partial charge is 0.389 e. The van der Waals surface area contributed by atoms with Gasteiger partial charge >= 0.3 is 0 Å². The number of rotatable bonds is 5. The fraction of sp³-hybridized carbons (Fsp3) is 0.389. The van der Waals surface area contributed by atoms with Gasteiger partial charge in [0.2, 0.25) is 0 Å². The van der Waals surface area contributed by atoms with Gasteiger partial charge in [0.05, 0.1) is 0 Å². The van der Waals surface area contributed by atoms with Gasteiger partial charge < -0.3 is 10.6 Å². The third-order valence-electron chi connectivity index (χ3n) is 4.03. The van der Waals surface area contributed by atoms with E-state index in [0.29, 0.717) is 16.9 Å². The standard InChI is InChI=1S/C18H22N2S/c1-12(2)11-20(13-7-8-13)17-10-9-16(18(19)21)14-5-3-4-6-15(14)17/h3-6,9-10,12-13H,7-8,11H2,1-2H3,(H2,19,21). The number of anilines is 1. The van der Waals surface area contributed by atoms with E-state index >= 15 is 0 Å². The zero-order valence-corrected chi connectivity index (χ0v) is 13.5. The van der Waals surface area contributed by atoms with Crippen LogP contribution in [0.15, 0.2) is 36.4 Å². The second kappa shape index (κ2) is 5.64. The maximum atomic E-state index is 5.88. The zero-order valence-electron chi connectivity index (χ0n) is 12.7. The molecule has 3 heteroatoms. The molecule has 1 saturated carbocycles. The third kappa shape index (κ3) is 2.88. The lowest BCUT2D eigenvalue weighted by molar-refractivity contribution is 0.608. The van der Waals surface area contributed by atoms with Crippen molar-refractivity contribution < 1.29 is 0 Å². The smallest absolute Gasteiger partial charge is 0.104 e. The Morgan fingerprint density at radius 2 is 1.86 bits per heavy atom. The van der Waals surface area contributed by atoms with E-state index in [1.807, 2.05) is 0 Å². The first kappa shape index (κ1) is 14.3. The minimum atomic E-state index is 0.472. The van der Waals surface area contributed by atoms with Crippen LogP contribution in [-0.4, -0.2) is 17.6 Å². The van der Waals surface area contributed by atoms with Crippen LogP contribution in [-0.2, 0) is 0 Å². The molecule has 0 atom stereocenters. The highest BCUT2D eigenvalue weighted by Gasteiger charge is 2.30. The van der Waals surface area contributed by atoms with Gasteiger partial charge in [0, 0.05) is 29.2 Å². The van der Waals surface area contributed by atoms with Crippen LogP contribution in [0.4, 0.5) is 5.69 Å². The molecule has 1 aliphatic carbocycles. The van der Waals surface area contributed by atoms with Crippen molar-refractivity contribution in [1.82, 2.24) is 0 Å². The van der Waals surface area contributed by atoms with Crippen molar-refractivity contribution in [3.05, 3.63) is 42.0 Å². The van der Waals surface area contributed by atoms with Gasteiger partial charge in [-0.05, 0) is 36.3 Å². The average Bonchev–Trinajstić information content (AvgIpc) is 3.28. The van der Waals surface area contributed by atoms with Crippen molar-refractivity contribution in [3.8, 4) is 0 Å². The number of fused-ring (bicyclic) bond motifs is 1. The Morgan fingerprint density at radius 1 is 1.19 bits per heavy atom. The SMILES string of the molecule is CC(C)CN(c1ccc(C(N)=S)c2ccccc12)C1CC1. The molecule has 0 radical (unpaired) electrons. The highest BCUT2D eigenvalue weighted by Crippen LogP contribution is 2.37. The molecule has 2 N–H and O–H groups in total. The summed E-state index contributed by atoms with van der Waals surface area (Å²) in [6.45, 7) is 5.66. The van der Waals surface area contributed by atoms with Gasteiger partial charge in [0.1, 0.15) is 4.99 Å². The number of hydrogen-bond acceptors (Lipinski definition) is 2. The molecule has 1 fully saturated rings. The first-order chi connectivity index (χ1) is 10.1. The molecular formula is C18H22N2S. The van der Waals surface area contributed by atoms with Gasteiger partial charge in [-0.25, -0.2) is 0 Å². The van der Waals surface area contributed by atoms with Crippen LogP contribution in [0.1, 0.15) is 32.3 Å².